The van der Waals surface area contributed by atoms with Crippen LogP contribution in [0.25, 0.3) is 10.9 Å². The summed E-state index contributed by atoms with van der Waals surface area (Å²) in [5, 5.41) is 11.4. The van der Waals surface area contributed by atoms with E-state index in [0.717, 1.165) is 5.82 Å². The molecule has 0 fully saturated rings. The molecule has 0 atom stereocenters. The van der Waals surface area contributed by atoms with Gasteiger partial charge in [0, 0.05) is 36.1 Å². The summed E-state index contributed by atoms with van der Waals surface area (Å²) < 4.78 is 35.8. The van der Waals surface area contributed by atoms with Crippen LogP contribution in [0.5, 0.6) is 5.75 Å². The molecule has 0 amide bonds. The summed E-state index contributed by atoms with van der Waals surface area (Å²) in [4.78, 5) is 17.6. The van der Waals surface area contributed by atoms with Crippen LogP contribution in [-0.4, -0.2) is 40.2 Å². The molecule has 2 aromatic heterocycles. The minimum Gasteiger partial charge on any atom is -0.506 e. The van der Waals surface area contributed by atoms with Crippen LogP contribution in [0.15, 0.2) is 58.2 Å². The quantitative estimate of drug-likeness (QED) is 0.346. The number of imidazole rings is 1. The van der Waals surface area contributed by atoms with Gasteiger partial charge in [-0.25, -0.2) is 18.2 Å². The normalized spacial score (nSPS) is 11.8. The van der Waals surface area contributed by atoms with Crippen LogP contribution < -0.4 is 0 Å². The maximum absolute atomic E-state index is 13.2. The van der Waals surface area contributed by atoms with Gasteiger partial charge in [0.2, 0.25) is 0 Å². The number of hydrogen-bond acceptors (Lipinski definition) is 6. The molecule has 0 aliphatic carbocycles. The number of rotatable bonds is 7. The zero-order valence-corrected chi connectivity index (χ0v) is 21.4. The lowest BCUT2D eigenvalue weighted by Crippen LogP contribution is -2.14. The lowest BCUT2D eigenvalue weighted by atomic mass is 10.0. The Hall–Kier alpha value is -3.11. The van der Waals surface area contributed by atoms with E-state index in [1.807, 2.05) is 11.5 Å². The van der Waals surface area contributed by atoms with E-state index in [1.165, 1.54) is 12.1 Å². The van der Waals surface area contributed by atoms with Gasteiger partial charge in [0.05, 0.1) is 39.4 Å². The summed E-state index contributed by atoms with van der Waals surface area (Å²) >= 11 is 3.40. The van der Waals surface area contributed by atoms with Crippen LogP contribution in [0, 0.1) is 6.92 Å². The number of ether oxygens (including phenoxy) is 1. The standard InChI is InChI=1S/C24H24BrN3O5S/c1-4-33-24(30)22-20(14-34(31,32)16-8-6-5-7-9-16)27(3)19-12-18(25)23(29)17(21(19)22)13-28-11-10-26-15(28)2/h5-12,29H,4,13-14H2,1-3H3. The molecule has 2 aromatic carbocycles. The van der Waals surface area contributed by atoms with E-state index >= 15 is 0 Å². The van der Waals surface area contributed by atoms with Gasteiger partial charge in [-0.05, 0) is 48.0 Å². The van der Waals surface area contributed by atoms with Crippen LogP contribution >= 0.6 is 15.9 Å². The Morgan fingerprint density at radius 3 is 2.56 bits per heavy atom. The first-order chi connectivity index (χ1) is 16.2. The maximum Gasteiger partial charge on any atom is 0.340 e. The van der Waals surface area contributed by atoms with Gasteiger partial charge in [0.25, 0.3) is 0 Å². The van der Waals surface area contributed by atoms with Crippen molar-refractivity contribution in [3.05, 3.63) is 75.9 Å². The van der Waals surface area contributed by atoms with Gasteiger partial charge < -0.3 is 19.0 Å². The first-order valence-corrected chi connectivity index (χ1v) is 13.0. The number of phenolic OH excluding ortho intramolecular Hbond substituents is 1. The second-order valence-corrected chi connectivity index (χ2v) is 10.7. The Morgan fingerprint density at radius 2 is 1.94 bits per heavy atom. The third-order valence-electron chi connectivity index (χ3n) is 5.80. The molecule has 4 rings (SSSR count). The topological polar surface area (TPSA) is 103 Å². The molecule has 0 unspecified atom stereocenters. The molecule has 0 bridgehead atoms. The molecule has 0 radical (unpaired) electrons. The number of halogens is 1. The molecule has 0 aliphatic heterocycles. The zero-order chi connectivity index (χ0) is 24.6. The number of aromatic hydroxyl groups is 1. The first kappa shape index (κ1) is 24.0. The molecular weight excluding hydrogens is 522 g/mol. The second-order valence-electron chi connectivity index (χ2n) is 7.86. The summed E-state index contributed by atoms with van der Waals surface area (Å²) in [5.74, 6) is -0.350. The molecule has 2 heterocycles. The number of fused-ring (bicyclic) bond motifs is 1. The molecule has 1 N–H and O–H groups in total. The molecule has 0 spiro atoms. The summed E-state index contributed by atoms with van der Waals surface area (Å²) in [7, 11) is -2.06. The highest BCUT2D eigenvalue weighted by atomic mass is 79.9. The van der Waals surface area contributed by atoms with Crippen molar-refractivity contribution < 1.29 is 23.1 Å². The number of aromatic nitrogens is 3. The van der Waals surface area contributed by atoms with E-state index in [4.69, 9.17) is 4.74 Å². The van der Waals surface area contributed by atoms with Crippen molar-refractivity contribution in [2.24, 2.45) is 7.05 Å². The SMILES string of the molecule is CCOC(=O)c1c(CS(=O)(=O)c2ccccc2)n(C)c2cc(Br)c(O)c(Cn3ccnc3C)c12. The third kappa shape index (κ3) is 4.23. The number of esters is 1. The fraction of sp³-hybridized carbons (Fsp3) is 0.250. The molecule has 178 valence electrons. The number of phenols is 1. The lowest BCUT2D eigenvalue weighted by molar-refractivity contribution is 0.0527. The molecule has 4 aromatic rings. The molecule has 0 aliphatic rings. The van der Waals surface area contributed by atoms with Gasteiger partial charge in [-0.3, -0.25) is 0 Å². The Kier molecular flexibility index (Phi) is 6.55. The fourth-order valence-corrected chi connectivity index (χ4v) is 5.95. The largest absolute Gasteiger partial charge is 0.506 e. The van der Waals surface area contributed by atoms with Gasteiger partial charge in [0.1, 0.15) is 11.6 Å². The van der Waals surface area contributed by atoms with Gasteiger partial charge in [-0.1, -0.05) is 18.2 Å². The van der Waals surface area contributed by atoms with Gasteiger partial charge in [0.15, 0.2) is 9.84 Å². The fourth-order valence-electron chi connectivity index (χ4n) is 4.06. The Labute approximate surface area is 205 Å². The predicted octanol–water partition coefficient (Wildman–Crippen LogP) is 4.35. The van der Waals surface area contributed by atoms with E-state index < -0.39 is 21.6 Å². The second kappa shape index (κ2) is 9.27. The van der Waals surface area contributed by atoms with Crippen LogP contribution in [0.4, 0.5) is 0 Å². The van der Waals surface area contributed by atoms with E-state index in [9.17, 15) is 18.3 Å². The number of hydrogen-bond donors (Lipinski definition) is 1. The number of benzene rings is 2. The number of carbonyl (C=O) groups is 1. The first-order valence-electron chi connectivity index (χ1n) is 10.6. The summed E-state index contributed by atoms with van der Waals surface area (Å²) in [5.41, 5.74) is 1.49. The van der Waals surface area contributed by atoms with Gasteiger partial charge in [-0.15, -0.1) is 0 Å². The average molecular weight is 546 g/mol. The Morgan fingerprint density at radius 1 is 1.24 bits per heavy atom. The number of aryl methyl sites for hydroxylation is 2. The number of carbonyl (C=O) groups excluding carboxylic acids is 1. The smallest absolute Gasteiger partial charge is 0.340 e. The van der Waals surface area contributed by atoms with Crippen molar-refractivity contribution in [1.82, 2.24) is 14.1 Å². The summed E-state index contributed by atoms with van der Waals surface area (Å²) in [6, 6.07) is 9.78. The highest BCUT2D eigenvalue weighted by Gasteiger charge is 2.30. The average Bonchev–Trinajstić information content (AvgIpc) is 3.32. The van der Waals surface area contributed by atoms with Crippen LogP contribution in [-0.2, 0) is 33.9 Å². The molecule has 0 saturated heterocycles. The van der Waals surface area contributed by atoms with Crippen molar-refractivity contribution in [2.75, 3.05) is 6.61 Å². The lowest BCUT2D eigenvalue weighted by Gasteiger charge is -2.12. The molecule has 8 nitrogen and oxygen atoms in total. The molecular formula is C24H24BrN3O5S. The van der Waals surface area contributed by atoms with E-state index in [1.54, 1.807) is 55.2 Å². The Balaban J connectivity index is 2.00. The number of nitrogens with zero attached hydrogens (tertiary/aromatic N) is 3. The highest BCUT2D eigenvalue weighted by Crippen LogP contribution is 2.40. The van der Waals surface area contributed by atoms with Crippen molar-refractivity contribution in [3.8, 4) is 5.75 Å². The zero-order valence-electron chi connectivity index (χ0n) is 18.9. The predicted molar refractivity (Wildman–Crippen MR) is 132 cm³/mol. The highest BCUT2D eigenvalue weighted by molar-refractivity contribution is 9.10. The van der Waals surface area contributed by atoms with Crippen molar-refractivity contribution >= 4 is 42.6 Å². The van der Waals surface area contributed by atoms with E-state index in [-0.39, 0.29) is 29.4 Å². The van der Waals surface area contributed by atoms with Gasteiger partial charge >= 0.3 is 5.97 Å². The minimum atomic E-state index is -3.76. The molecule has 0 saturated carbocycles. The number of sulfone groups is 1. The maximum atomic E-state index is 13.2. The molecule has 10 heteroatoms. The van der Waals surface area contributed by atoms with Gasteiger partial charge in [-0.2, -0.15) is 0 Å². The van der Waals surface area contributed by atoms with E-state index in [2.05, 4.69) is 20.9 Å². The Bertz CT molecular complexity index is 1490. The van der Waals surface area contributed by atoms with Crippen LogP contribution in [0.1, 0.15) is 34.4 Å². The monoisotopic (exact) mass is 545 g/mol. The van der Waals surface area contributed by atoms with Crippen molar-refractivity contribution in [2.45, 2.75) is 31.0 Å². The van der Waals surface area contributed by atoms with Crippen LogP contribution in [0.2, 0.25) is 0 Å². The van der Waals surface area contributed by atoms with Crippen molar-refractivity contribution in [3.63, 3.8) is 0 Å². The molecule has 34 heavy (non-hydrogen) atoms. The third-order valence-corrected chi connectivity index (χ3v) is 8.05. The van der Waals surface area contributed by atoms with Crippen LogP contribution in [0.3, 0.4) is 0 Å². The summed E-state index contributed by atoms with van der Waals surface area (Å²) in [6.45, 7) is 3.88. The minimum absolute atomic E-state index is 0.0331. The van der Waals surface area contributed by atoms with Crippen molar-refractivity contribution in [1.29, 1.82) is 0 Å². The summed E-state index contributed by atoms with van der Waals surface area (Å²) in [6.07, 6.45) is 3.42. The van der Waals surface area contributed by atoms with E-state index in [0.29, 0.717) is 26.6 Å².